The molecule has 0 unspecified atom stereocenters. The van der Waals surface area contributed by atoms with Gasteiger partial charge in [-0.1, -0.05) is 25.4 Å². The number of rotatable bonds is 2. The molecule has 0 amide bonds. The first-order valence-corrected chi connectivity index (χ1v) is 5.49. The second-order valence-electron chi connectivity index (χ2n) is 3.82. The zero-order chi connectivity index (χ0) is 11.5. The highest BCUT2D eigenvalue weighted by Gasteiger charge is 2.08. The molecule has 0 fully saturated rings. The first-order valence-electron chi connectivity index (χ1n) is 5.11. The highest BCUT2D eigenvalue weighted by atomic mass is 35.5. The normalized spacial score (nSPS) is 10.8. The van der Waals surface area contributed by atoms with Crippen LogP contribution in [0.5, 0.6) is 0 Å². The van der Waals surface area contributed by atoms with Crippen LogP contribution in [0.1, 0.15) is 25.6 Å². The fraction of sp³-hybridized carbons (Fsp3) is 0.250. The summed E-state index contributed by atoms with van der Waals surface area (Å²) in [6.07, 6.45) is 3.47. The van der Waals surface area contributed by atoms with Crippen molar-refractivity contribution in [2.75, 3.05) is 0 Å². The quantitative estimate of drug-likeness (QED) is 0.747. The topological polar surface area (TPSA) is 38.7 Å². The van der Waals surface area contributed by atoms with Crippen LogP contribution in [0.4, 0.5) is 0 Å². The van der Waals surface area contributed by atoms with E-state index in [0.29, 0.717) is 5.15 Å². The number of halogens is 1. The van der Waals surface area contributed by atoms with Gasteiger partial charge in [0, 0.05) is 29.9 Å². The van der Waals surface area contributed by atoms with Crippen molar-refractivity contribution in [2.45, 2.75) is 19.8 Å². The molecule has 4 heteroatoms. The Kier molecular flexibility index (Phi) is 3.15. The lowest BCUT2D eigenvalue weighted by molar-refractivity contribution is 0.776. The van der Waals surface area contributed by atoms with Gasteiger partial charge < -0.3 is 0 Å². The molecule has 0 aliphatic carbocycles. The van der Waals surface area contributed by atoms with Crippen molar-refractivity contribution in [3.8, 4) is 11.3 Å². The fourth-order valence-electron chi connectivity index (χ4n) is 1.36. The third kappa shape index (κ3) is 2.36. The van der Waals surface area contributed by atoms with Gasteiger partial charge in [-0.05, 0) is 12.1 Å². The lowest BCUT2D eigenvalue weighted by atomic mass is 10.1. The Labute approximate surface area is 99.5 Å². The van der Waals surface area contributed by atoms with Crippen molar-refractivity contribution in [2.24, 2.45) is 0 Å². The van der Waals surface area contributed by atoms with Crippen LogP contribution in [0.25, 0.3) is 11.3 Å². The van der Waals surface area contributed by atoms with Crippen molar-refractivity contribution in [1.82, 2.24) is 15.0 Å². The second kappa shape index (κ2) is 4.58. The standard InChI is InChI=1S/C12H12ClN3/c1-8(2)12-15-10(7-11(13)16-12)9-3-5-14-6-4-9/h3-8H,1-2H3. The van der Waals surface area contributed by atoms with Crippen molar-refractivity contribution in [3.05, 3.63) is 41.6 Å². The smallest absolute Gasteiger partial charge is 0.133 e. The van der Waals surface area contributed by atoms with E-state index < -0.39 is 0 Å². The SMILES string of the molecule is CC(C)c1nc(Cl)cc(-c2ccncc2)n1. The molecule has 2 aromatic heterocycles. The van der Waals surface area contributed by atoms with Crippen LogP contribution in [0.15, 0.2) is 30.6 Å². The van der Waals surface area contributed by atoms with Gasteiger partial charge >= 0.3 is 0 Å². The number of hydrogen-bond acceptors (Lipinski definition) is 3. The predicted octanol–water partition coefficient (Wildman–Crippen LogP) is 3.32. The summed E-state index contributed by atoms with van der Waals surface area (Å²) < 4.78 is 0. The van der Waals surface area contributed by atoms with Gasteiger partial charge in [-0.2, -0.15) is 0 Å². The zero-order valence-corrected chi connectivity index (χ0v) is 9.94. The Balaban J connectivity index is 2.50. The van der Waals surface area contributed by atoms with Crippen molar-refractivity contribution in [3.63, 3.8) is 0 Å². The number of hydrogen-bond donors (Lipinski definition) is 0. The van der Waals surface area contributed by atoms with Gasteiger partial charge in [-0.15, -0.1) is 0 Å². The largest absolute Gasteiger partial charge is 0.265 e. The van der Waals surface area contributed by atoms with E-state index in [4.69, 9.17) is 11.6 Å². The molecular weight excluding hydrogens is 222 g/mol. The maximum absolute atomic E-state index is 5.98. The molecular formula is C12H12ClN3. The summed E-state index contributed by atoms with van der Waals surface area (Å²) in [5.74, 6) is 1.03. The van der Waals surface area contributed by atoms with E-state index >= 15 is 0 Å². The molecule has 16 heavy (non-hydrogen) atoms. The van der Waals surface area contributed by atoms with Crippen molar-refractivity contribution >= 4 is 11.6 Å². The molecule has 2 aromatic rings. The van der Waals surface area contributed by atoms with Gasteiger partial charge in [0.05, 0.1) is 5.69 Å². The Bertz CT molecular complexity index is 483. The van der Waals surface area contributed by atoms with Gasteiger partial charge in [0.2, 0.25) is 0 Å². The van der Waals surface area contributed by atoms with E-state index in [1.54, 1.807) is 18.5 Å². The summed E-state index contributed by atoms with van der Waals surface area (Å²) in [6.45, 7) is 4.09. The maximum atomic E-state index is 5.98. The van der Waals surface area contributed by atoms with E-state index in [0.717, 1.165) is 17.1 Å². The summed E-state index contributed by atoms with van der Waals surface area (Å²) in [7, 11) is 0. The van der Waals surface area contributed by atoms with Crippen LogP contribution in [0.3, 0.4) is 0 Å². The number of nitrogens with zero attached hydrogens (tertiary/aromatic N) is 3. The second-order valence-corrected chi connectivity index (χ2v) is 4.21. The van der Waals surface area contributed by atoms with Crippen molar-refractivity contribution in [1.29, 1.82) is 0 Å². The van der Waals surface area contributed by atoms with E-state index in [1.165, 1.54) is 0 Å². The van der Waals surface area contributed by atoms with E-state index in [1.807, 2.05) is 26.0 Å². The van der Waals surface area contributed by atoms with E-state index in [2.05, 4.69) is 15.0 Å². The van der Waals surface area contributed by atoms with Crippen molar-refractivity contribution < 1.29 is 0 Å². The molecule has 0 radical (unpaired) electrons. The monoisotopic (exact) mass is 233 g/mol. The highest BCUT2D eigenvalue weighted by Crippen LogP contribution is 2.21. The minimum Gasteiger partial charge on any atom is -0.265 e. The molecule has 0 aliphatic heterocycles. The molecule has 2 heterocycles. The summed E-state index contributed by atoms with van der Waals surface area (Å²) in [6, 6.07) is 5.58. The summed E-state index contributed by atoms with van der Waals surface area (Å²) in [5, 5.41) is 0.477. The van der Waals surface area contributed by atoms with Gasteiger partial charge in [-0.3, -0.25) is 4.98 Å². The lowest BCUT2D eigenvalue weighted by Gasteiger charge is -2.07. The average molecular weight is 234 g/mol. The molecule has 0 bridgehead atoms. The molecule has 0 aliphatic rings. The minimum absolute atomic E-state index is 0.263. The Morgan fingerprint density at radius 3 is 2.44 bits per heavy atom. The predicted molar refractivity (Wildman–Crippen MR) is 64.4 cm³/mol. The molecule has 2 rings (SSSR count). The van der Waals surface area contributed by atoms with Crippen LogP contribution in [-0.2, 0) is 0 Å². The molecule has 0 aromatic carbocycles. The average Bonchev–Trinajstić information content (AvgIpc) is 2.29. The van der Waals surface area contributed by atoms with Crippen LogP contribution < -0.4 is 0 Å². The Morgan fingerprint density at radius 1 is 1.12 bits per heavy atom. The summed E-state index contributed by atoms with van der Waals surface area (Å²) in [4.78, 5) is 12.7. The summed E-state index contributed by atoms with van der Waals surface area (Å²) in [5.41, 5.74) is 1.84. The Morgan fingerprint density at radius 2 is 1.81 bits per heavy atom. The molecule has 82 valence electrons. The highest BCUT2D eigenvalue weighted by molar-refractivity contribution is 6.29. The van der Waals surface area contributed by atoms with Crippen LogP contribution in [0.2, 0.25) is 5.15 Å². The first kappa shape index (κ1) is 11.0. The number of pyridine rings is 1. The van der Waals surface area contributed by atoms with Crippen LogP contribution >= 0.6 is 11.6 Å². The van der Waals surface area contributed by atoms with Gasteiger partial charge in [0.15, 0.2) is 0 Å². The molecule has 0 N–H and O–H groups in total. The fourth-order valence-corrected chi connectivity index (χ4v) is 1.55. The first-order chi connectivity index (χ1) is 7.66. The van der Waals surface area contributed by atoms with Gasteiger partial charge in [0.25, 0.3) is 0 Å². The van der Waals surface area contributed by atoms with Gasteiger partial charge in [-0.25, -0.2) is 9.97 Å². The lowest BCUT2D eigenvalue weighted by Crippen LogP contribution is -1.99. The maximum Gasteiger partial charge on any atom is 0.133 e. The summed E-state index contributed by atoms with van der Waals surface area (Å²) >= 11 is 5.98. The molecule has 0 atom stereocenters. The molecule has 0 spiro atoms. The van der Waals surface area contributed by atoms with Crippen LogP contribution in [0, 0.1) is 0 Å². The third-order valence-corrected chi connectivity index (χ3v) is 2.40. The minimum atomic E-state index is 0.263. The Hall–Kier alpha value is -1.48. The number of aromatic nitrogens is 3. The molecule has 3 nitrogen and oxygen atoms in total. The van der Waals surface area contributed by atoms with E-state index in [9.17, 15) is 0 Å². The molecule has 0 saturated heterocycles. The van der Waals surface area contributed by atoms with E-state index in [-0.39, 0.29) is 5.92 Å². The van der Waals surface area contributed by atoms with Crippen LogP contribution in [-0.4, -0.2) is 15.0 Å². The van der Waals surface area contributed by atoms with Gasteiger partial charge in [0.1, 0.15) is 11.0 Å². The zero-order valence-electron chi connectivity index (χ0n) is 9.18. The molecule has 0 saturated carbocycles. The third-order valence-electron chi connectivity index (χ3n) is 2.20.